The molecule has 1 saturated heterocycles. The Labute approximate surface area is 468 Å². The molecule has 0 saturated carbocycles. The molecule has 12 heteroatoms. The Morgan fingerprint density at radius 3 is 1.22 bits per heavy atom. The number of unbranched alkanes of at least 4 members (excludes halogenated alkanes) is 26. The minimum Gasteiger partial charge on any atom is -0.479 e. The number of hydrogen-bond acceptors (Lipinski definition) is 11. The van der Waals surface area contributed by atoms with Crippen LogP contribution in [0.4, 0.5) is 0 Å². The third-order valence-corrected chi connectivity index (χ3v) is 13.7. The molecule has 3 N–H and O–H groups in total. The van der Waals surface area contributed by atoms with Crippen molar-refractivity contribution in [2.45, 2.75) is 302 Å². The lowest BCUT2D eigenvalue weighted by atomic mass is 9.98. The van der Waals surface area contributed by atoms with Gasteiger partial charge in [0.25, 0.3) is 0 Å². The molecule has 1 heterocycles. The highest BCUT2D eigenvalue weighted by Gasteiger charge is 2.50. The zero-order chi connectivity index (χ0) is 56.1. The van der Waals surface area contributed by atoms with Gasteiger partial charge in [-0.2, -0.15) is 0 Å². The highest BCUT2D eigenvalue weighted by Crippen LogP contribution is 2.26. The fraction of sp³-hybridized carbons (Fsp3) is 0.754. The van der Waals surface area contributed by atoms with Crippen molar-refractivity contribution in [3.05, 3.63) is 72.9 Å². The van der Waals surface area contributed by atoms with E-state index in [1.807, 2.05) is 0 Å². The summed E-state index contributed by atoms with van der Waals surface area (Å²) < 4.78 is 28.4. The van der Waals surface area contributed by atoms with Crippen LogP contribution < -0.4 is 0 Å². The van der Waals surface area contributed by atoms with Crippen LogP contribution in [0.3, 0.4) is 0 Å². The maximum Gasteiger partial charge on any atom is 0.335 e. The molecule has 442 valence electrons. The van der Waals surface area contributed by atoms with Crippen LogP contribution in [-0.4, -0.2) is 89.2 Å². The van der Waals surface area contributed by atoms with E-state index in [0.29, 0.717) is 19.3 Å². The van der Waals surface area contributed by atoms with Gasteiger partial charge >= 0.3 is 23.9 Å². The van der Waals surface area contributed by atoms with Crippen molar-refractivity contribution in [2.24, 2.45) is 0 Å². The molecular weight excluding hydrogens is 973 g/mol. The van der Waals surface area contributed by atoms with Crippen molar-refractivity contribution in [1.29, 1.82) is 0 Å². The number of carbonyl (C=O) groups is 4. The van der Waals surface area contributed by atoms with Gasteiger partial charge < -0.3 is 39.0 Å². The average Bonchev–Trinajstić information content (AvgIpc) is 3.42. The highest BCUT2D eigenvalue weighted by molar-refractivity contribution is 5.74. The summed E-state index contributed by atoms with van der Waals surface area (Å²) in [6, 6.07) is 0. The summed E-state index contributed by atoms with van der Waals surface area (Å²) >= 11 is 0. The standard InChI is InChI=1S/C65H110O12/c1-4-7-10-13-16-19-22-25-27-28-29-30-32-34-36-39-42-45-48-51-57(66)73-54-56(75-58(67)52-49-46-43-40-38-35-31-26-23-20-17-14-11-8-5-2)55-74-65-63(61(70)60(69)62(77-65)64(71)72)76-59(68)53-50-47-44-41-37-33-24-21-18-15-12-9-6-3/h16-17,19-21,24-27,29-31,56,60-63,65,69-70H,4-15,18,22-23,28,32-55H2,1-3H3,(H,71,72)/b19-16-,20-17-,24-21-,27-25-,30-29-,31-26-. The SMILES string of the molecule is CCCCC/C=C\C/C=C\C/C=C\CCCCCCCCC(=O)OCC(COC1OC(C(=O)O)C(O)C(O)C1OC(=O)CCCCCCC/C=C\CCCCCC)OC(=O)CCCCCCC/C=C\C/C=C\CCCCC. The Morgan fingerprint density at radius 1 is 0.429 bits per heavy atom. The molecule has 12 nitrogen and oxygen atoms in total. The summed E-state index contributed by atoms with van der Waals surface area (Å²) in [5, 5.41) is 31.5. The fourth-order valence-electron chi connectivity index (χ4n) is 8.93. The first-order chi connectivity index (χ1) is 37.6. The molecule has 1 aliphatic heterocycles. The molecule has 1 rings (SSSR count). The third-order valence-electron chi connectivity index (χ3n) is 13.7. The quantitative estimate of drug-likeness (QED) is 0.0228. The molecule has 0 aliphatic carbocycles. The van der Waals surface area contributed by atoms with Gasteiger partial charge in [-0.1, -0.05) is 203 Å². The van der Waals surface area contributed by atoms with Gasteiger partial charge in [-0.3, -0.25) is 14.4 Å². The van der Waals surface area contributed by atoms with Gasteiger partial charge in [-0.15, -0.1) is 0 Å². The maximum absolute atomic E-state index is 13.2. The van der Waals surface area contributed by atoms with Crippen molar-refractivity contribution in [3.8, 4) is 0 Å². The number of esters is 3. The van der Waals surface area contributed by atoms with E-state index >= 15 is 0 Å². The van der Waals surface area contributed by atoms with Crippen molar-refractivity contribution in [1.82, 2.24) is 0 Å². The normalized spacial score (nSPS) is 18.5. The van der Waals surface area contributed by atoms with Gasteiger partial charge in [0.05, 0.1) is 6.61 Å². The lowest BCUT2D eigenvalue weighted by Crippen LogP contribution is -2.61. The number of carboxylic acid groups (broad SMARTS) is 1. The van der Waals surface area contributed by atoms with Crippen LogP contribution in [0.2, 0.25) is 0 Å². The highest BCUT2D eigenvalue weighted by atomic mass is 16.7. The molecule has 1 aliphatic rings. The summed E-state index contributed by atoms with van der Waals surface area (Å²) in [4.78, 5) is 51.2. The van der Waals surface area contributed by atoms with E-state index in [0.717, 1.165) is 135 Å². The number of carbonyl (C=O) groups excluding carboxylic acids is 3. The van der Waals surface area contributed by atoms with Gasteiger partial charge in [-0.25, -0.2) is 4.79 Å². The number of rotatable bonds is 52. The first-order valence-electron chi connectivity index (χ1n) is 30.9. The summed E-state index contributed by atoms with van der Waals surface area (Å²) in [6.07, 6.45) is 54.3. The monoisotopic (exact) mass is 1080 g/mol. The van der Waals surface area contributed by atoms with Crippen LogP contribution in [0, 0.1) is 0 Å². The smallest absolute Gasteiger partial charge is 0.335 e. The molecule has 0 bridgehead atoms. The number of allylic oxidation sites excluding steroid dienone is 12. The molecule has 6 unspecified atom stereocenters. The van der Waals surface area contributed by atoms with Crippen molar-refractivity contribution < 1.29 is 58.2 Å². The molecule has 0 spiro atoms. The fourth-order valence-corrected chi connectivity index (χ4v) is 8.93. The number of carboxylic acids is 1. The predicted molar refractivity (Wildman–Crippen MR) is 312 cm³/mol. The number of ether oxygens (including phenoxy) is 5. The molecule has 0 aromatic carbocycles. The molecule has 77 heavy (non-hydrogen) atoms. The molecule has 0 radical (unpaired) electrons. The molecule has 6 atom stereocenters. The van der Waals surface area contributed by atoms with Crippen LogP contribution in [0.1, 0.15) is 265 Å². The van der Waals surface area contributed by atoms with Crippen molar-refractivity contribution in [2.75, 3.05) is 13.2 Å². The van der Waals surface area contributed by atoms with E-state index in [-0.39, 0.29) is 25.9 Å². The second kappa shape index (κ2) is 52.8. The first kappa shape index (κ1) is 71.2. The van der Waals surface area contributed by atoms with Gasteiger partial charge in [0.1, 0.15) is 18.8 Å². The Balaban J connectivity index is 2.69. The number of hydrogen-bond donors (Lipinski definition) is 3. The average molecular weight is 1080 g/mol. The van der Waals surface area contributed by atoms with E-state index in [1.54, 1.807) is 0 Å². The number of aliphatic hydroxyl groups excluding tert-OH is 2. The van der Waals surface area contributed by atoms with E-state index in [4.69, 9.17) is 23.7 Å². The van der Waals surface area contributed by atoms with Crippen LogP contribution in [0.15, 0.2) is 72.9 Å². The van der Waals surface area contributed by atoms with Crippen LogP contribution in [-0.2, 0) is 42.9 Å². The minimum atomic E-state index is -1.91. The topological polar surface area (TPSA) is 175 Å². The lowest BCUT2D eigenvalue weighted by molar-refractivity contribution is -0.301. The van der Waals surface area contributed by atoms with Crippen molar-refractivity contribution in [3.63, 3.8) is 0 Å². The zero-order valence-corrected chi connectivity index (χ0v) is 48.7. The molecule has 0 amide bonds. The largest absolute Gasteiger partial charge is 0.479 e. The molecule has 0 aromatic heterocycles. The third kappa shape index (κ3) is 42.7. The van der Waals surface area contributed by atoms with E-state index in [1.165, 1.54) is 70.6 Å². The molecule has 0 aromatic rings. The Morgan fingerprint density at radius 2 is 0.779 bits per heavy atom. The van der Waals surface area contributed by atoms with Gasteiger partial charge in [0.2, 0.25) is 0 Å². The van der Waals surface area contributed by atoms with Gasteiger partial charge in [0.15, 0.2) is 24.6 Å². The predicted octanol–water partition coefficient (Wildman–Crippen LogP) is 16.1. The number of aliphatic hydroxyl groups is 2. The van der Waals surface area contributed by atoms with Crippen LogP contribution in [0.25, 0.3) is 0 Å². The van der Waals surface area contributed by atoms with E-state index in [2.05, 4.69) is 93.7 Å². The Bertz CT molecular complexity index is 1620. The number of aliphatic carboxylic acids is 1. The van der Waals surface area contributed by atoms with E-state index < -0.39 is 67.3 Å². The van der Waals surface area contributed by atoms with Crippen molar-refractivity contribution >= 4 is 23.9 Å². The second-order valence-electron chi connectivity index (χ2n) is 21.0. The Kier molecular flexibility index (Phi) is 48.8. The Hall–Kier alpha value is -3.84. The van der Waals surface area contributed by atoms with Crippen LogP contribution in [0.5, 0.6) is 0 Å². The van der Waals surface area contributed by atoms with E-state index in [9.17, 15) is 34.5 Å². The lowest BCUT2D eigenvalue weighted by Gasteiger charge is -2.40. The summed E-state index contributed by atoms with van der Waals surface area (Å²) in [6.45, 7) is 5.90. The maximum atomic E-state index is 13.2. The van der Waals surface area contributed by atoms with Gasteiger partial charge in [-0.05, 0) is 116 Å². The molecule has 1 fully saturated rings. The summed E-state index contributed by atoms with van der Waals surface area (Å²) in [5.74, 6) is -3.16. The van der Waals surface area contributed by atoms with Gasteiger partial charge in [0, 0.05) is 19.3 Å². The molecular formula is C65H110O12. The second-order valence-corrected chi connectivity index (χ2v) is 21.0. The minimum absolute atomic E-state index is 0.0459. The zero-order valence-electron chi connectivity index (χ0n) is 48.7. The first-order valence-corrected chi connectivity index (χ1v) is 30.9. The summed E-state index contributed by atoms with van der Waals surface area (Å²) in [5.41, 5.74) is 0. The van der Waals surface area contributed by atoms with Crippen LogP contribution >= 0.6 is 0 Å². The summed E-state index contributed by atoms with van der Waals surface area (Å²) in [7, 11) is 0.